The Morgan fingerprint density at radius 2 is 2.14 bits per heavy atom. The van der Waals surface area contributed by atoms with Crippen molar-refractivity contribution in [2.75, 3.05) is 26.7 Å². The molecule has 1 aliphatic rings. The summed E-state index contributed by atoms with van der Waals surface area (Å²) >= 11 is 0. The maximum Gasteiger partial charge on any atom is 0.326 e. The molecule has 0 amide bonds. The first-order valence-electron chi connectivity index (χ1n) is 8.57. The zero-order chi connectivity index (χ0) is 15.9. The van der Waals surface area contributed by atoms with Crippen LogP contribution in [0.5, 0.6) is 0 Å². The topological polar surface area (TPSA) is 41.6 Å². The van der Waals surface area contributed by atoms with E-state index in [1.807, 2.05) is 6.92 Å². The molecule has 4 heteroatoms. The molecule has 0 aromatic heterocycles. The second kappa shape index (κ2) is 8.74. The lowest BCUT2D eigenvalue weighted by Crippen LogP contribution is -2.59. The van der Waals surface area contributed by atoms with E-state index in [1.54, 1.807) is 0 Å². The van der Waals surface area contributed by atoms with Gasteiger partial charge in [0.05, 0.1) is 6.61 Å². The molecule has 0 bridgehead atoms. The number of hydrogen-bond acceptors (Lipinski definition) is 4. The zero-order valence-electron chi connectivity index (χ0n) is 14.6. The van der Waals surface area contributed by atoms with E-state index in [4.69, 9.17) is 4.74 Å². The lowest BCUT2D eigenvalue weighted by molar-refractivity contribution is -0.153. The predicted octanol–water partition coefficient (Wildman–Crippen LogP) is 2.82. The van der Waals surface area contributed by atoms with Crippen molar-refractivity contribution in [2.24, 2.45) is 5.92 Å². The molecule has 2 atom stereocenters. The van der Waals surface area contributed by atoms with E-state index in [1.165, 1.54) is 6.42 Å². The molecule has 124 valence electrons. The van der Waals surface area contributed by atoms with Crippen LogP contribution in [0.4, 0.5) is 0 Å². The van der Waals surface area contributed by atoms with Crippen molar-refractivity contribution in [1.82, 2.24) is 10.2 Å². The van der Waals surface area contributed by atoms with Crippen molar-refractivity contribution in [3.05, 3.63) is 0 Å². The molecular formula is C17H34N2O2. The zero-order valence-corrected chi connectivity index (χ0v) is 14.6. The van der Waals surface area contributed by atoms with Crippen LogP contribution in [0.2, 0.25) is 0 Å². The first kappa shape index (κ1) is 18.4. The molecule has 1 rings (SSSR count). The number of carbonyl (C=O) groups is 1. The van der Waals surface area contributed by atoms with Crippen LogP contribution in [0.1, 0.15) is 59.8 Å². The van der Waals surface area contributed by atoms with E-state index in [-0.39, 0.29) is 5.97 Å². The highest BCUT2D eigenvalue weighted by molar-refractivity contribution is 5.81. The number of hydrogen-bond donors (Lipinski definition) is 1. The number of nitrogens with zero attached hydrogens (tertiary/aromatic N) is 1. The first-order valence-corrected chi connectivity index (χ1v) is 8.57. The Morgan fingerprint density at radius 1 is 1.43 bits per heavy atom. The highest BCUT2D eigenvalue weighted by Gasteiger charge is 2.44. The molecule has 0 saturated heterocycles. The van der Waals surface area contributed by atoms with Gasteiger partial charge in [-0.1, -0.05) is 20.8 Å². The van der Waals surface area contributed by atoms with Crippen LogP contribution in [0, 0.1) is 5.92 Å². The van der Waals surface area contributed by atoms with Crippen molar-refractivity contribution in [3.8, 4) is 0 Å². The van der Waals surface area contributed by atoms with Gasteiger partial charge in [-0.3, -0.25) is 4.79 Å². The van der Waals surface area contributed by atoms with Gasteiger partial charge in [0.2, 0.25) is 0 Å². The van der Waals surface area contributed by atoms with Crippen LogP contribution in [0.3, 0.4) is 0 Å². The third-order valence-corrected chi connectivity index (χ3v) is 4.38. The lowest BCUT2D eigenvalue weighted by Gasteiger charge is -2.43. The average Bonchev–Trinajstić information content (AvgIpc) is 2.45. The summed E-state index contributed by atoms with van der Waals surface area (Å²) in [6, 6.07) is 0.468. The normalized spacial score (nSPS) is 26.3. The third-order valence-electron chi connectivity index (χ3n) is 4.38. The Bertz CT molecular complexity index is 320. The van der Waals surface area contributed by atoms with E-state index < -0.39 is 5.54 Å². The predicted molar refractivity (Wildman–Crippen MR) is 87.4 cm³/mol. The van der Waals surface area contributed by atoms with Crippen LogP contribution < -0.4 is 5.32 Å². The van der Waals surface area contributed by atoms with Gasteiger partial charge in [-0.25, -0.2) is 0 Å². The molecule has 1 saturated carbocycles. The molecule has 1 aliphatic carbocycles. The minimum atomic E-state index is -0.472. The monoisotopic (exact) mass is 298 g/mol. The second-order valence-electron chi connectivity index (χ2n) is 6.81. The van der Waals surface area contributed by atoms with E-state index in [0.717, 1.165) is 38.8 Å². The van der Waals surface area contributed by atoms with Gasteiger partial charge in [-0.15, -0.1) is 0 Å². The van der Waals surface area contributed by atoms with Gasteiger partial charge in [0.15, 0.2) is 0 Å². The molecule has 0 aromatic rings. The van der Waals surface area contributed by atoms with Crippen molar-refractivity contribution in [3.63, 3.8) is 0 Å². The van der Waals surface area contributed by atoms with Crippen LogP contribution in [-0.2, 0) is 9.53 Å². The van der Waals surface area contributed by atoms with E-state index in [9.17, 15) is 4.79 Å². The van der Waals surface area contributed by atoms with Crippen LogP contribution in [0.15, 0.2) is 0 Å². The van der Waals surface area contributed by atoms with Crippen molar-refractivity contribution < 1.29 is 9.53 Å². The molecule has 0 heterocycles. The summed E-state index contributed by atoms with van der Waals surface area (Å²) in [5, 5.41) is 3.51. The van der Waals surface area contributed by atoms with Gasteiger partial charge in [0.25, 0.3) is 0 Å². The molecule has 0 aliphatic heterocycles. The van der Waals surface area contributed by atoms with E-state index in [2.05, 4.69) is 38.0 Å². The molecule has 1 fully saturated rings. The minimum absolute atomic E-state index is 0.0545. The van der Waals surface area contributed by atoms with Crippen LogP contribution >= 0.6 is 0 Å². The summed E-state index contributed by atoms with van der Waals surface area (Å²) in [4.78, 5) is 14.9. The quantitative estimate of drug-likeness (QED) is 0.700. The van der Waals surface area contributed by atoms with E-state index >= 15 is 0 Å². The number of esters is 1. The molecular weight excluding hydrogens is 264 g/mol. The maximum absolute atomic E-state index is 12.5. The fraction of sp³-hybridized carbons (Fsp3) is 0.941. The fourth-order valence-corrected chi connectivity index (χ4v) is 3.40. The van der Waals surface area contributed by atoms with Gasteiger partial charge >= 0.3 is 5.97 Å². The van der Waals surface area contributed by atoms with Crippen LogP contribution in [0.25, 0.3) is 0 Å². The Morgan fingerprint density at radius 3 is 2.71 bits per heavy atom. The maximum atomic E-state index is 12.5. The number of ether oxygens (including phenoxy) is 1. The van der Waals surface area contributed by atoms with Crippen molar-refractivity contribution >= 4 is 5.97 Å². The number of nitrogens with one attached hydrogen (secondary N) is 1. The molecule has 1 N–H and O–H groups in total. The fourth-order valence-electron chi connectivity index (χ4n) is 3.40. The summed E-state index contributed by atoms with van der Waals surface area (Å²) in [6.45, 7) is 10.9. The van der Waals surface area contributed by atoms with Gasteiger partial charge < -0.3 is 15.0 Å². The molecule has 4 nitrogen and oxygen atoms in total. The van der Waals surface area contributed by atoms with Gasteiger partial charge in [-0.2, -0.15) is 0 Å². The first-order chi connectivity index (χ1) is 9.95. The van der Waals surface area contributed by atoms with Crippen molar-refractivity contribution in [2.45, 2.75) is 71.4 Å². The molecule has 0 radical (unpaired) electrons. The minimum Gasteiger partial charge on any atom is -0.465 e. The van der Waals surface area contributed by atoms with E-state index in [0.29, 0.717) is 18.6 Å². The Kier molecular flexibility index (Phi) is 7.67. The summed E-state index contributed by atoms with van der Waals surface area (Å²) in [5.74, 6) is 0.596. The van der Waals surface area contributed by atoms with Gasteiger partial charge in [0.1, 0.15) is 5.54 Å². The molecule has 0 aromatic carbocycles. The van der Waals surface area contributed by atoms with Crippen LogP contribution in [-0.4, -0.2) is 49.2 Å². The van der Waals surface area contributed by atoms with Gasteiger partial charge in [-0.05, 0) is 58.5 Å². The Hall–Kier alpha value is -0.610. The lowest BCUT2D eigenvalue weighted by atomic mass is 9.78. The SMILES string of the molecule is CCCNC1(C(=O)OCC)CCCC(N(C)CC(C)C)C1. The molecule has 0 spiro atoms. The summed E-state index contributed by atoms with van der Waals surface area (Å²) in [5.41, 5.74) is -0.472. The number of rotatable bonds is 8. The third kappa shape index (κ3) is 5.26. The number of carbonyl (C=O) groups excluding carboxylic acids is 1. The molecule has 2 unspecified atom stereocenters. The highest BCUT2D eigenvalue weighted by Crippen LogP contribution is 2.32. The highest BCUT2D eigenvalue weighted by atomic mass is 16.5. The smallest absolute Gasteiger partial charge is 0.326 e. The largest absolute Gasteiger partial charge is 0.465 e. The summed E-state index contributed by atoms with van der Waals surface area (Å²) < 4.78 is 5.37. The Balaban J connectivity index is 2.79. The summed E-state index contributed by atoms with van der Waals surface area (Å²) in [7, 11) is 2.19. The second-order valence-corrected chi connectivity index (χ2v) is 6.81. The summed E-state index contributed by atoms with van der Waals surface area (Å²) in [6.07, 6.45) is 5.07. The van der Waals surface area contributed by atoms with Gasteiger partial charge in [0, 0.05) is 12.6 Å². The van der Waals surface area contributed by atoms with Crippen molar-refractivity contribution in [1.29, 1.82) is 0 Å². The average molecular weight is 298 g/mol. The standard InChI is InChI=1S/C17H34N2O2/c1-6-11-18-17(16(20)21-7-2)10-8-9-15(12-17)19(5)13-14(3)4/h14-15,18H,6-13H2,1-5H3. The molecule has 21 heavy (non-hydrogen) atoms. The Labute approximate surface area is 130 Å².